The Labute approximate surface area is 99.4 Å². The van der Waals surface area contributed by atoms with Crippen molar-refractivity contribution in [3.63, 3.8) is 0 Å². The van der Waals surface area contributed by atoms with Crippen molar-refractivity contribution in [2.75, 3.05) is 21.3 Å². The molecule has 0 unspecified atom stereocenters. The molecule has 1 heterocycles. The maximum atomic E-state index is 5.35. The van der Waals surface area contributed by atoms with Crippen molar-refractivity contribution in [3.8, 4) is 28.5 Å². The Bertz CT molecular complexity index is 469. The second-order valence-electron chi connectivity index (χ2n) is 3.37. The van der Waals surface area contributed by atoms with E-state index in [9.17, 15) is 0 Å². The minimum Gasteiger partial charge on any atom is -0.496 e. The Hall–Kier alpha value is -2.17. The van der Waals surface area contributed by atoms with Crippen LogP contribution in [-0.2, 0) is 0 Å². The molecule has 0 amide bonds. The van der Waals surface area contributed by atoms with E-state index in [-0.39, 0.29) is 0 Å². The van der Waals surface area contributed by atoms with Gasteiger partial charge in [-0.15, -0.1) is 0 Å². The summed E-state index contributed by atoms with van der Waals surface area (Å²) < 4.78 is 15.9. The van der Waals surface area contributed by atoms with Crippen LogP contribution in [0.1, 0.15) is 0 Å². The fraction of sp³-hybridized carbons (Fsp3) is 0.250. The highest BCUT2D eigenvalue weighted by atomic mass is 16.5. The topological polar surface area (TPSA) is 56.4 Å². The maximum absolute atomic E-state index is 5.35. The highest BCUT2D eigenvalue weighted by molar-refractivity contribution is 5.75. The van der Waals surface area contributed by atoms with E-state index in [0.717, 1.165) is 11.3 Å². The molecule has 0 bridgehead atoms. The summed E-state index contributed by atoms with van der Waals surface area (Å²) in [6.07, 6.45) is 3.32. The summed E-state index contributed by atoms with van der Waals surface area (Å²) in [4.78, 5) is 7.02. The lowest BCUT2D eigenvalue weighted by Gasteiger charge is -2.13. The van der Waals surface area contributed by atoms with Crippen LogP contribution in [0.15, 0.2) is 24.7 Å². The minimum atomic E-state index is 0.672. The maximum Gasteiger partial charge on any atom is 0.135 e. The van der Waals surface area contributed by atoms with Gasteiger partial charge in [0.25, 0.3) is 0 Å². The first-order valence-corrected chi connectivity index (χ1v) is 5.09. The van der Waals surface area contributed by atoms with Gasteiger partial charge in [0.2, 0.25) is 0 Å². The minimum absolute atomic E-state index is 0.672. The van der Waals surface area contributed by atoms with E-state index in [4.69, 9.17) is 14.2 Å². The Morgan fingerprint density at radius 2 is 1.65 bits per heavy atom. The van der Waals surface area contributed by atoms with Gasteiger partial charge >= 0.3 is 0 Å². The van der Waals surface area contributed by atoms with Gasteiger partial charge in [-0.1, -0.05) is 0 Å². The van der Waals surface area contributed by atoms with Crippen LogP contribution in [0.25, 0.3) is 11.3 Å². The molecule has 0 saturated heterocycles. The molecule has 0 aliphatic carbocycles. The number of nitrogens with one attached hydrogen (secondary N) is 1. The van der Waals surface area contributed by atoms with Crippen molar-refractivity contribution in [1.82, 2.24) is 9.97 Å². The van der Waals surface area contributed by atoms with Crippen LogP contribution in [0, 0.1) is 0 Å². The first kappa shape index (κ1) is 11.3. The van der Waals surface area contributed by atoms with Crippen LogP contribution < -0.4 is 14.2 Å². The Morgan fingerprint density at radius 1 is 1.00 bits per heavy atom. The fourth-order valence-corrected chi connectivity index (χ4v) is 1.66. The van der Waals surface area contributed by atoms with Gasteiger partial charge in [-0.3, -0.25) is 0 Å². The molecule has 2 rings (SSSR count). The molecule has 2 aromatic rings. The van der Waals surface area contributed by atoms with Crippen LogP contribution in [-0.4, -0.2) is 31.3 Å². The van der Waals surface area contributed by atoms with Gasteiger partial charge < -0.3 is 19.2 Å². The molecule has 0 saturated carbocycles. The SMILES string of the molecule is COc1cc(OC)c(-c2cnc[nH]2)c(OC)c1. The molecule has 0 aliphatic rings. The van der Waals surface area contributed by atoms with Gasteiger partial charge in [0, 0.05) is 12.1 Å². The third-order valence-electron chi connectivity index (χ3n) is 2.48. The lowest BCUT2D eigenvalue weighted by atomic mass is 10.1. The summed E-state index contributed by atoms with van der Waals surface area (Å²) in [5.74, 6) is 2.03. The Balaban J connectivity index is 2.63. The number of rotatable bonds is 4. The third-order valence-corrected chi connectivity index (χ3v) is 2.48. The lowest BCUT2D eigenvalue weighted by Crippen LogP contribution is -1.95. The number of methoxy groups -OCH3 is 3. The third kappa shape index (κ3) is 2.04. The summed E-state index contributed by atoms with van der Waals surface area (Å²) in [5.41, 5.74) is 1.66. The van der Waals surface area contributed by atoms with Gasteiger partial charge in [0.15, 0.2) is 0 Å². The van der Waals surface area contributed by atoms with Gasteiger partial charge in [0.1, 0.15) is 17.2 Å². The Morgan fingerprint density at radius 3 is 2.06 bits per heavy atom. The standard InChI is InChI=1S/C12H14N2O3/c1-15-8-4-10(16-2)12(11(5-8)17-3)9-6-13-7-14-9/h4-7H,1-3H3,(H,13,14). The fourth-order valence-electron chi connectivity index (χ4n) is 1.66. The molecule has 17 heavy (non-hydrogen) atoms. The average molecular weight is 234 g/mol. The van der Waals surface area contributed by atoms with Gasteiger partial charge in [-0.2, -0.15) is 0 Å². The number of imidazole rings is 1. The molecule has 0 radical (unpaired) electrons. The highest BCUT2D eigenvalue weighted by Crippen LogP contribution is 2.40. The first-order chi connectivity index (χ1) is 8.30. The Kier molecular flexibility index (Phi) is 3.18. The predicted octanol–water partition coefficient (Wildman–Crippen LogP) is 2.10. The second kappa shape index (κ2) is 4.78. The van der Waals surface area contributed by atoms with E-state index in [2.05, 4.69) is 9.97 Å². The van der Waals surface area contributed by atoms with Crippen molar-refractivity contribution >= 4 is 0 Å². The van der Waals surface area contributed by atoms with E-state index in [1.807, 2.05) is 0 Å². The summed E-state index contributed by atoms with van der Waals surface area (Å²) in [6.45, 7) is 0. The van der Waals surface area contributed by atoms with Crippen molar-refractivity contribution in [2.45, 2.75) is 0 Å². The molecular weight excluding hydrogens is 220 g/mol. The molecule has 1 N–H and O–H groups in total. The smallest absolute Gasteiger partial charge is 0.135 e. The molecule has 1 aromatic carbocycles. The largest absolute Gasteiger partial charge is 0.496 e. The number of aromatic nitrogens is 2. The number of nitrogens with zero attached hydrogens (tertiary/aromatic N) is 1. The monoisotopic (exact) mass is 234 g/mol. The van der Waals surface area contributed by atoms with Gasteiger partial charge in [0.05, 0.1) is 45.1 Å². The second-order valence-corrected chi connectivity index (χ2v) is 3.37. The van der Waals surface area contributed by atoms with Gasteiger partial charge in [-0.05, 0) is 0 Å². The van der Waals surface area contributed by atoms with Crippen molar-refractivity contribution in [3.05, 3.63) is 24.7 Å². The normalized spacial score (nSPS) is 10.1. The van der Waals surface area contributed by atoms with E-state index < -0.39 is 0 Å². The number of hydrogen-bond donors (Lipinski definition) is 1. The number of benzene rings is 1. The summed E-state index contributed by atoms with van der Waals surface area (Å²) >= 11 is 0. The first-order valence-electron chi connectivity index (χ1n) is 5.09. The van der Waals surface area contributed by atoms with Crippen molar-refractivity contribution < 1.29 is 14.2 Å². The average Bonchev–Trinajstić information content (AvgIpc) is 2.90. The molecule has 0 spiro atoms. The highest BCUT2D eigenvalue weighted by Gasteiger charge is 2.15. The molecule has 0 aliphatic heterocycles. The predicted molar refractivity (Wildman–Crippen MR) is 63.7 cm³/mol. The van der Waals surface area contributed by atoms with Crippen LogP contribution in [0.5, 0.6) is 17.2 Å². The molecule has 0 fully saturated rings. The van der Waals surface area contributed by atoms with E-state index in [1.165, 1.54) is 0 Å². The zero-order chi connectivity index (χ0) is 12.3. The number of hydrogen-bond acceptors (Lipinski definition) is 4. The summed E-state index contributed by atoms with van der Waals surface area (Å²) in [6, 6.07) is 3.61. The number of H-pyrrole nitrogens is 1. The number of aromatic amines is 1. The molecule has 0 atom stereocenters. The quantitative estimate of drug-likeness (QED) is 0.880. The lowest BCUT2D eigenvalue weighted by molar-refractivity contribution is 0.377. The van der Waals surface area contributed by atoms with Gasteiger partial charge in [-0.25, -0.2) is 4.98 Å². The van der Waals surface area contributed by atoms with Crippen LogP contribution in [0.2, 0.25) is 0 Å². The van der Waals surface area contributed by atoms with Crippen LogP contribution >= 0.6 is 0 Å². The molecular formula is C12H14N2O3. The van der Waals surface area contributed by atoms with Crippen LogP contribution in [0.4, 0.5) is 0 Å². The molecule has 90 valence electrons. The van der Waals surface area contributed by atoms with E-state index in [1.54, 1.807) is 46.0 Å². The molecule has 5 heteroatoms. The zero-order valence-corrected chi connectivity index (χ0v) is 9.98. The summed E-state index contributed by atoms with van der Waals surface area (Å²) in [7, 11) is 4.81. The van der Waals surface area contributed by atoms with E-state index >= 15 is 0 Å². The van der Waals surface area contributed by atoms with E-state index in [0.29, 0.717) is 17.2 Å². The molecule has 1 aromatic heterocycles. The molecule has 5 nitrogen and oxygen atoms in total. The number of ether oxygens (including phenoxy) is 3. The summed E-state index contributed by atoms with van der Waals surface area (Å²) in [5, 5.41) is 0. The van der Waals surface area contributed by atoms with Crippen molar-refractivity contribution in [1.29, 1.82) is 0 Å². The van der Waals surface area contributed by atoms with Crippen molar-refractivity contribution in [2.24, 2.45) is 0 Å². The van der Waals surface area contributed by atoms with Crippen LogP contribution in [0.3, 0.4) is 0 Å². The zero-order valence-electron chi connectivity index (χ0n) is 9.98.